The van der Waals surface area contributed by atoms with E-state index in [2.05, 4.69) is 23.5 Å². The van der Waals surface area contributed by atoms with Gasteiger partial charge in [-0.05, 0) is 36.2 Å². The van der Waals surface area contributed by atoms with E-state index < -0.39 is 5.97 Å². The molecule has 1 unspecified atom stereocenters. The molecular formula is C18H17NO2. The van der Waals surface area contributed by atoms with Crippen LogP contribution in [0.1, 0.15) is 40.0 Å². The highest BCUT2D eigenvalue weighted by Gasteiger charge is 2.19. The number of carboxylic acids is 1. The number of nitrogens with zero attached hydrogens (tertiary/aromatic N) is 1. The monoisotopic (exact) mass is 279 g/mol. The van der Waals surface area contributed by atoms with Gasteiger partial charge in [0, 0.05) is 23.3 Å². The Labute approximate surface area is 123 Å². The number of carboxylic acid groups (broad SMARTS) is 1. The summed E-state index contributed by atoms with van der Waals surface area (Å²) in [6, 6.07) is 15.8. The molecule has 1 aromatic carbocycles. The fourth-order valence-corrected chi connectivity index (χ4v) is 2.96. The Morgan fingerprint density at radius 3 is 2.52 bits per heavy atom. The Morgan fingerprint density at radius 2 is 1.86 bits per heavy atom. The standard InChI is InChI=1S/C18H17NO2/c1-12(14-7-4-3-5-8-14)17-13(2)16(18(20)21)11-15-9-6-10-19(15)17/h3-12H,1-2H3,(H,20,21). The molecule has 0 fully saturated rings. The molecule has 0 saturated heterocycles. The lowest BCUT2D eigenvalue weighted by Gasteiger charge is -2.19. The summed E-state index contributed by atoms with van der Waals surface area (Å²) in [5.74, 6) is -0.752. The number of hydrogen-bond acceptors (Lipinski definition) is 1. The zero-order chi connectivity index (χ0) is 15.0. The number of aromatic carboxylic acids is 1. The van der Waals surface area contributed by atoms with Crippen molar-refractivity contribution < 1.29 is 9.90 Å². The topological polar surface area (TPSA) is 41.7 Å². The predicted octanol–water partition coefficient (Wildman–Crippen LogP) is 4.10. The van der Waals surface area contributed by atoms with E-state index >= 15 is 0 Å². The highest BCUT2D eigenvalue weighted by Crippen LogP contribution is 2.30. The van der Waals surface area contributed by atoms with Crippen LogP contribution in [0.3, 0.4) is 0 Å². The molecule has 2 heterocycles. The molecule has 0 radical (unpaired) electrons. The Bertz CT molecular complexity index is 803. The van der Waals surface area contributed by atoms with Gasteiger partial charge in [-0.1, -0.05) is 37.3 Å². The van der Waals surface area contributed by atoms with Gasteiger partial charge in [0.15, 0.2) is 0 Å². The van der Waals surface area contributed by atoms with E-state index in [0.717, 1.165) is 16.8 Å². The first kappa shape index (κ1) is 13.4. The molecule has 0 spiro atoms. The minimum absolute atomic E-state index is 0.125. The van der Waals surface area contributed by atoms with Crippen molar-refractivity contribution in [1.29, 1.82) is 0 Å². The van der Waals surface area contributed by atoms with Crippen LogP contribution in [0.25, 0.3) is 5.52 Å². The maximum absolute atomic E-state index is 11.5. The summed E-state index contributed by atoms with van der Waals surface area (Å²) in [7, 11) is 0. The zero-order valence-electron chi connectivity index (χ0n) is 12.1. The van der Waals surface area contributed by atoms with Gasteiger partial charge in [0.25, 0.3) is 0 Å². The lowest BCUT2D eigenvalue weighted by molar-refractivity contribution is 0.0696. The number of rotatable bonds is 3. The van der Waals surface area contributed by atoms with Crippen molar-refractivity contribution in [1.82, 2.24) is 4.40 Å². The molecule has 3 heteroatoms. The minimum Gasteiger partial charge on any atom is -0.478 e. The molecule has 3 aromatic rings. The van der Waals surface area contributed by atoms with E-state index in [1.807, 2.05) is 43.5 Å². The van der Waals surface area contributed by atoms with E-state index in [1.54, 1.807) is 6.07 Å². The first-order valence-corrected chi connectivity index (χ1v) is 6.98. The number of fused-ring (bicyclic) bond motifs is 1. The van der Waals surface area contributed by atoms with E-state index in [9.17, 15) is 9.90 Å². The van der Waals surface area contributed by atoms with Crippen molar-refractivity contribution in [3.8, 4) is 0 Å². The van der Waals surface area contributed by atoms with Gasteiger partial charge in [-0.3, -0.25) is 0 Å². The Balaban J connectivity index is 2.28. The Morgan fingerprint density at radius 1 is 1.14 bits per heavy atom. The Hall–Kier alpha value is -2.55. The minimum atomic E-state index is -0.877. The van der Waals surface area contributed by atoms with Crippen molar-refractivity contribution in [2.75, 3.05) is 0 Å². The first-order chi connectivity index (χ1) is 10.1. The molecular weight excluding hydrogens is 262 g/mol. The van der Waals surface area contributed by atoms with Crippen molar-refractivity contribution in [3.05, 3.63) is 77.1 Å². The molecule has 106 valence electrons. The van der Waals surface area contributed by atoms with Crippen LogP contribution in [0.15, 0.2) is 54.7 Å². The average molecular weight is 279 g/mol. The highest BCUT2D eigenvalue weighted by atomic mass is 16.4. The van der Waals surface area contributed by atoms with Crippen LogP contribution in [0.5, 0.6) is 0 Å². The molecule has 0 aliphatic rings. The number of benzene rings is 1. The molecule has 2 aromatic heterocycles. The van der Waals surface area contributed by atoms with Crippen LogP contribution >= 0.6 is 0 Å². The van der Waals surface area contributed by atoms with Crippen molar-refractivity contribution in [2.45, 2.75) is 19.8 Å². The van der Waals surface area contributed by atoms with Crippen molar-refractivity contribution >= 4 is 11.5 Å². The summed E-state index contributed by atoms with van der Waals surface area (Å²) in [4.78, 5) is 11.5. The molecule has 1 N–H and O–H groups in total. The van der Waals surface area contributed by atoms with Gasteiger partial charge in [0.1, 0.15) is 0 Å². The first-order valence-electron chi connectivity index (χ1n) is 6.98. The lowest BCUT2D eigenvalue weighted by Crippen LogP contribution is -2.11. The molecule has 3 rings (SSSR count). The fraction of sp³-hybridized carbons (Fsp3) is 0.167. The third kappa shape index (κ3) is 2.21. The summed E-state index contributed by atoms with van der Waals surface area (Å²) < 4.78 is 2.08. The van der Waals surface area contributed by atoms with Gasteiger partial charge in [-0.25, -0.2) is 4.79 Å². The summed E-state index contributed by atoms with van der Waals surface area (Å²) in [5, 5.41) is 9.43. The van der Waals surface area contributed by atoms with Gasteiger partial charge < -0.3 is 9.51 Å². The smallest absolute Gasteiger partial charge is 0.336 e. The second kappa shape index (κ2) is 5.09. The quantitative estimate of drug-likeness (QED) is 0.784. The summed E-state index contributed by atoms with van der Waals surface area (Å²) in [6.07, 6.45) is 1.99. The third-order valence-electron chi connectivity index (χ3n) is 4.06. The van der Waals surface area contributed by atoms with Crippen LogP contribution in [0.2, 0.25) is 0 Å². The van der Waals surface area contributed by atoms with Crippen molar-refractivity contribution in [2.24, 2.45) is 0 Å². The fourth-order valence-electron chi connectivity index (χ4n) is 2.96. The molecule has 0 bridgehead atoms. The van der Waals surface area contributed by atoms with Gasteiger partial charge in [0.2, 0.25) is 0 Å². The highest BCUT2D eigenvalue weighted by molar-refractivity contribution is 5.91. The van der Waals surface area contributed by atoms with Crippen LogP contribution in [0, 0.1) is 6.92 Å². The zero-order valence-corrected chi connectivity index (χ0v) is 12.1. The van der Waals surface area contributed by atoms with Gasteiger partial charge in [-0.15, -0.1) is 0 Å². The molecule has 0 saturated carbocycles. The Kier molecular flexibility index (Phi) is 3.26. The predicted molar refractivity (Wildman–Crippen MR) is 83.1 cm³/mol. The normalized spacial score (nSPS) is 12.5. The molecule has 0 amide bonds. The van der Waals surface area contributed by atoms with Gasteiger partial charge in [-0.2, -0.15) is 0 Å². The largest absolute Gasteiger partial charge is 0.478 e. The van der Waals surface area contributed by atoms with E-state index in [1.165, 1.54) is 5.56 Å². The van der Waals surface area contributed by atoms with Gasteiger partial charge >= 0.3 is 5.97 Å². The van der Waals surface area contributed by atoms with E-state index in [0.29, 0.717) is 5.56 Å². The number of pyridine rings is 1. The summed E-state index contributed by atoms with van der Waals surface area (Å²) >= 11 is 0. The SMILES string of the molecule is Cc1c(C(=O)O)cc2cccn2c1C(C)c1ccccc1. The molecule has 1 atom stereocenters. The van der Waals surface area contributed by atoms with Gasteiger partial charge in [0.05, 0.1) is 5.56 Å². The van der Waals surface area contributed by atoms with Crippen LogP contribution in [-0.4, -0.2) is 15.5 Å². The number of hydrogen-bond donors (Lipinski definition) is 1. The second-order valence-electron chi connectivity index (χ2n) is 5.31. The molecule has 0 aliphatic carbocycles. The lowest BCUT2D eigenvalue weighted by atomic mass is 9.92. The second-order valence-corrected chi connectivity index (χ2v) is 5.31. The molecule has 3 nitrogen and oxygen atoms in total. The van der Waals surface area contributed by atoms with Crippen LogP contribution in [0.4, 0.5) is 0 Å². The van der Waals surface area contributed by atoms with Crippen LogP contribution < -0.4 is 0 Å². The van der Waals surface area contributed by atoms with E-state index in [-0.39, 0.29) is 5.92 Å². The number of aromatic nitrogens is 1. The summed E-state index contributed by atoms with van der Waals surface area (Å²) in [5.41, 5.74) is 4.32. The average Bonchev–Trinajstić information content (AvgIpc) is 2.94. The van der Waals surface area contributed by atoms with Crippen LogP contribution in [-0.2, 0) is 0 Å². The molecule has 0 aliphatic heterocycles. The van der Waals surface area contributed by atoms with E-state index in [4.69, 9.17) is 0 Å². The maximum atomic E-state index is 11.5. The third-order valence-corrected chi connectivity index (χ3v) is 4.06. The summed E-state index contributed by atoms with van der Waals surface area (Å²) in [6.45, 7) is 4.00. The van der Waals surface area contributed by atoms with Crippen molar-refractivity contribution in [3.63, 3.8) is 0 Å². The number of carbonyl (C=O) groups is 1. The maximum Gasteiger partial charge on any atom is 0.336 e. The molecule has 21 heavy (non-hydrogen) atoms.